The molecule has 1 spiro atoms. The zero-order valence-corrected chi connectivity index (χ0v) is 15.9. The van der Waals surface area contributed by atoms with Gasteiger partial charge in [0.25, 0.3) is 0 Å². The number of hydrogen-bond donors (Lipinski definition) is 1. The Hall–Kier alpha value is -1.55. The second-order valence-corrected chi connectivity index (χ2v) is 9.29. The minimum atomic E-state index is 0.0191. The Morgan fingerprint density at radius 2 is 2.00 bits per heavy atom. The largest absolute Gasteiger partial charge is 0.303 e. The number of nitrogens with zero attached hydrogens (tertiary/aromatic N) is 2. The van der Waals surface area contributed by atoms with E-state index < -0.39 is 0 Å². The summed E-state index contributed by atoms with van der Waals surface area (Å²) in [5, 5.41) is 2.09. The fraction of sp³-hybridized carbons (Fsp3) is 0.682. The van der Waals surface area contributed by atoms with Gasteiger partial charge in [-0.15, -0.1) is 0 Å². The molecule has 140 valence electrons. The van der Waals surface area contributed by atoms with Gasteiger partial charge in [0.2, 0.25) is 5.91 Å². The Labute approximate surface area is 156 Å². The SMILES string of the molecule is CC(=O)NN1CC2(CCN(C[C@H]3C[C@H]4CC[C@H]3C4)CC2)c2ccccc21. The molecule has 3 fully saturated rings. The van der Waals surface area contributed by atoms with E-state index in [0.717, 1.165) is 24.3 Å². The van der Waals surface area contributed by atoms with Crippen molar-refractivity contribution in [1.29, 1.82) is 0 Å². The summed E-state index contributed by atoms with van der Waals surface area (Å²) in [6.45, 7) is 6.26. The lowest BCUT2D eigenvalue weighted by Gasteiger charge is -2.41. The van der Waals surface area contributed by atoms with Gasteiger partial charge in [-0.2, -0.15) is 0 Å². The molecule has 3 atom stereocenters. The van der Waals surface area contributed by atoms with Crippen molar-refractivity contribution >= 4 is 11.6 Å². The van der Waals surface area contributed by atoms with Crippen LogP contribution in [0, 0.1) is 17.8 Å². The lowest BCUT2D eigenvalue weighted by atomic mass is 9.74. The molecular weight excluding hydrogens is 322 g/mol. The van der Waals surface area contributed by atoms with E-state index in [0.29, 0.717) is 0 Å². The number of rotatable bonds is 3. The van der Waals surface area contributed by atoms with Gasteiger partial charge in [0.15, 0.2) is 0 Å². The normalized spacial score (nSPS) is 32.2. The molecule has 4 heteroatoms. The Kier molecular flexibility index (Phi) is 4.00. The lowest BCUT2D eigenvalue weighted by molar-refractivity contribution is -0.119. The molecule has 1 aromatic carbocycles. The third-order valence-electron chi connectivity index (χ3n) is 7.71. The Morgan fingerprint density at radius 3 is 2.69 bits per heavy atom. The summed E-state index contributed by atoms with van der Waals surface area (Å²) in [6, 6.07) is 8.67. The van der Waals surface area contributed by atoms with Crippen molar-refractivity contribution in [3.63, 3.8) is 0 Å². The Bertz CT molecular complexity index is 694. The molecule has 1 amide bonds. The molecule has 5 rings (SSSR count). The van der Waals surface area contributed by atoms with Crippen LogP contribution in [-0.4, -0.2) is 37.0 Å². The van der Waals surface area contributed by atoms with Crippen LogP contribution in [0.3, 0.4) is 0 Å². The number of hydrogen-bond acceptors (Lipinski definition) is 3. The first-order valence-corrected chi connectivity index (χ1v) is 10.5. The average Bonchev–Trinajstić information content (AvgIpc) is 3.32. The predicted octanol–water partition coefficient (Wildman–Crippen LogP) is 3.33. The molecule has 0 aromatic heterocycles. The number of carbonyl (C=O) groups excluding carboxylic acids is 1. The number of nitrogens with one attached hydrogen (secondary N) is 1. The Balaban J connectivity index is 1.27. The molecule has 1 N–H and O–H groups in total. The summed E-state index contributed by atoms with van der Waals surface area (Å²) in [6.07, 6.45) is 8.42. The van der Waals surface area contributed by atoms with Crippen LogP contribution >= 0.6 is 0 Å². The molecule has 2 saturated carbocycles. The quantitative estimate of drug-likeness (QED) is 0.905. The fourth-order valence-corrected chi connectivity index (χ4v) is 6.44. The van der Waals surface area contributed by atoms with Gasteiger partial charge >= 0.3 is 0 Å². The van der Waals surface area contributed by atoms with Gasteiger partial charge in [-0.1, -0.05) is 24.6 Å². The first kappa shape index (κ1) is 16.6. The van der Waals surface area contributed by atoms with Gasteiger partial charge < -0.3 is 4.90 Å². The van der Waals surface area contributed by atoms with Gasteiger partial charge in [0, 0.05) is 25.4 Å². The third-order valence-corrected chi connectivity index (χ3v) is 7.71. The minimum absolute atomic E-state index is 0.0191. The highest BCUT2D eigenvalue weighted by Gasteiger charge is 2.46. The van der Waals surface area contributed by atoms with Crippen LogP contribution in [0.2, 0.25) is 0 Å². The molecule has 4 aliphatic rings. The summed E-state index contributed by atoms with van der Waals surface area (Å²) in [5.74, 6) is 3.06. The van der Waals surface area contributed by atoms with Crippen molar-refractivity contribution in [2.24, 2.45) is 17.8 Å². The molecule has 2 heterocycles. The molecule has 2 bridgehead atoms. The van der Waals surface area contributed by atoms with Crippen molar-refractivity contribution in [3.8, 4) is 0 Å². The number of fused-ring (bicyclic) bond motifs is 4. The maximum absolute atomic E-state index is 11.6. The van der Waals surface area contributed by atoms with Crippen molar-refractivity contribution in [3.05, 3.63) is 29.8 Å². The van der Waals surface area contributed by atoms with E-state index in [2.05, 4.69) is 39.6 Å². The van der Waals surface area contributed by atoms with Crippen LogP contribution in [-0.2, 0) is 10.2 Å². The third kappa shape index (κ3) is 2.74. The highest BCUT2D eigenvalue weighted by atomic mass is 16.2. The summed E-state index contributed by atoms with van der Waals surface area (Å²) in [7, 11) is 0. The van der Waals surface area contributed by atoms with E-state index in [1.807, 2.05) is 0 Å². The zero-order chi connectivity index (χ0) is 17.7. The molecule has 2 aliphatic heterocycles. The van der Waals surface area contributed by atoms with Gasteiger partial charge in [0.05, 0.1) is 5.69 Å². The number of hydrazine groups is 1. The molecule has 0 unspecified atom stereocenters. The maximum Gasteiger partial charge on any atom is 0.235 e. The highest BCUT2D eigenvalue weighted by molar-refractivity contribution is 5.77. The number of anilines is 1. The molecule has 4 nitrogen and oxygen atoms in total. The van der Waals surface area contributed by atoms with Gasteiger partial charge in [0.1, 0.15) is 0 Å². The Morgan fingerprint density at radius 1 is 1.19 bits per heavy atom. The maximum atomic E-state index is 11.6. The summed E-state index contributed by atoms with van der Waals surface area (Å²) >= 11 is 0. The van der Waals surface area contributed by atoms with Crippen LogP contribution < -0.4 is 10.4 Å². The standard InChI is InChI=1S/C22H31N3O/c1-16(26)23-25-15-22(20-4-2-3-5-21(20)25)8-10-24(11-9-22)14-19-13-17-6-7-18(19)12-17/h2-5,17-19H,6-15H2,1H3,(H,23,26)/t17-,18-,19+/m0/s1. The molecule has 1 saturated heterocycles. The van der Waals surface area contributed by atoms with E-state index in [1.165, 1.54) is 69.4 Å². The van der Waals surface area contributed by atoms with Crippen molar-refractivity contribution in [2.45, 2.75) is 50.9 Å². The average molecular weight is 354 g/mol. The van der Waals surface area contributed by atoms with Crippen LogP contribution in [0.1, 0.15) is 51.0 Å². The van der Waals surface area contributed by atoms with Crippen LogP contribution in [0.4, 0.5) is 5.69 Å². The number of likely N-dealkylation sites (tertiary alicyclic amines) is 1. The van der Waals surface area contributed by atoms with Gasteiger partial charge in [-0.25, -0.2) is 0 Å². The molecule has 1 aromatic rings. The van der Waals surface area contributed by atoms with Crippen molar-refractivity contribution < 1.29 is 4.79 Å². The van der Waals surface area contributed by atoms with E-state index in [4.69, 9.17) is 0 Å². The van der Waals surface area contributed by atoms with Crippen LogP contribution in [0.15, 0.2) is 24.3 Å². The van der Waals surface area contributed by atoms with E-state index >= 15 is 0 Å². The first-order valence-electron chi connectivity index (χ1n) is 10.5. The molecular formula is C22H31N3O. The van der Waals surface area contributed by atoms with Crippen molar-refractivity contribution in [1.82, 2.24) is 10.3 Å². The molecule has 26 heavy (non-hydrogen) atoms. The summed E-state index contributed by atoms with van der Waals surface area (Å²) < 4.78 is 0. The van der Waals surface area contributed by atoms with Gasteiger partial charge in [-0.05, 0) is 74.6 Å². The molecule has 0 radical (unpaired) electrons. The predicted molar refractivity (Wildman–Crippen MR) is 104 cm³/mol. The monoisotopic (exact) mass is 353 g/mol. The fourth-order valence-electron chi connectivity index (χ4n) is 6.44. The second-order valence-electron chi connectivity index (χ2n) is 9.29. The highest BCUT2D eigenvalue weighted by Crippen LogP contribution is 2.50. The topological polar surface area (TPSA) is 35.6 Å². The summed E-state index contributed by atoms with van der Waals surface area (Å²) in [5.41, 5.74) is 5.89. The van der Waals surface area contributed by atoms with Crippen LogP contribution in [0.25, 0.3) is 0 Å². The summed E-state index contributed by atoms with van der Waals surface area (Å²) in [4.78, 5) is 14.4. The number of carbonyl (C=O) groups is 1. The van der Waals surface area contributed by atoms with E-state index in [1.54, 1.807) is 6.92 Å². The lowest BCUT2D eigenvalue weighted by Crippen LogP contribution is -2.49. The van der Waals surface area contributed by atoms with Gasteiger partial charge in [-0.3, -0.25) is 15.2 Å². The number of benzene rings is 1. The molecule has 2 aliphatic carbocycles. The number of para-hydroxylation sites is 1. The smallest absolute Gasteiger partial charge is 0.235 e. The first-order chi connectivity index (χ1) is 12.6. The van der Waals surface area contributed by atoms with E-state index in [-0.39, 0.29) is 11.3 Å². The number of amides is 1. The van der Waals surface area contributed by atoms with Crippen LogP contribution in [0.5, 0.6) is 0 Å². The second kappa shape index (κ2) is 6.26. The zero-order valence-electron chi connectivity index (χ0n) is 15.9. The minimum Gasteiger partial charge on any atom is -0.303 e. The van der Waals surface area contributed by atoms with E-state index in [9.17, 15) is 4.79 Å². The van der Waals surface area contributed by atoms with Crippen molar-refractivity contribution in [2.75, 3.05) is 31.2 Å². The number of piperidine rings is 1.